The highest BCUT2D eigenvalue weighted by Crippen LogP contribution is 2.18. The SMILES string of the molecule is Cc1ccc(Cl)cc1C(=O)N1CCOC(CN)C1.Cl. The lowest BCUT2D eigenvalue weighted by Gasteiger charge is -2.32. The molecule has 1 aliphatic rings. The molecule has 1 aliphatic heterocycles. The number of benzene rings is 1. The maximum Gasteiger partial charge on any atom is 0.254 e. The summed E-state index contributed by atoms with van der Waals surface area (Å²) in [6.07, 6.45) is -0.0674. The number of nitrogens with two attached hydrogens (primary N) is 1. The van der Waals surface area contributed by atoms with E-state index < -0.39 is 0 Å². The standard InChI is InChI=1S/C13H17ClN2O2.ClH/c1-9-2-3-10(14)6-12(9)13(17)16-4-5-18-11(7-15)8-16;/h2-3,6,11H,4-5,7-8,15H2,1H3;1H. The Kier molecular flexibility index (Phi) is 6.07. The van der Waals surface area contributed by atoms with Crippen LogP contribution in [0.1, 0.15) is 15.9 Å². The van der Waals surface area contributed by atoms with Gasteiger partial charge in [0, 0.05) is 30.2 Å². The van der Waals surface area contributed by atoms with Crippen LogP contribution in [0, 0.1) is 6.92 Å². The monoisotopic (exact) mass is 304 g/mol. The number of morpholine rings is 1. The van der Waals surface area contributed by atoms with E-state index in [-0.39, 0.29) is 24.4 Å². The molecule has 6 heteroatoms. The van der Waals surface area contributed by atoms with Gasteiger partial charge >= 0.3 is 0 Å². The Morgan fingerprint density at radius 2 is 2.32 bits per heavy atom. The van der Waals surface area contributed by atoms with E-state index in [9.17, 15) is 4.79 Å². The predicted octanol–water partition coefficient (Wildman–Crippen LogP) is 1.87. The first kappa shape index (κ1) is 16.2. The number of ether oxygens (including phenoxy) is 1. The molecule has 1 amide bonds. The van der Waals surface area contributed by atoms with Gasteiger partial charge in [-0.1, -0.05) is 17.7 Å². The average molecular weight is 305 g/mol. The summed E-state index contributed by atoms with van der Waals surface area (Å²) < 4.78 is 5.45. The van der Waals surface area contributed by atoms with Crippen molar-refractivity contribution in [3.63, 3.8) is 0 Å². The van der Waals surface area contributed by atoms with Crippen LogP contribution in [0.25, 0.3) is 0 Å². The molecule has 0 spiro atoms. The molecule has 2 rings (SSSR count). The van der Waals surface area contributed by atoms with Crippen molar-refractivity contribution in [3.8, 4) is 0 Å². The van der Waals surface area contributed by atoms with Crippen molar-refractivity contribution in [3.05, 3.63) is 34.3 Å². The van der Waals surface area contributed by atoms with Gasteiger partial charge in [-0.15, -0.1) is 12.4 Å². The number of carbonyl (C=O) groups excluding carboxylic acids is 1. The van der Waals surface area contributed by atoms with E-state index in [0.717, 1.165) is 5.56 Å². The average Bonchev–Trinajstić information content (AvgIpc) is 2.41. The lowest BCUT2D eigenvalue weighted by molar-refractivity contribution is -0.0167. The number of halogens is 2. The largest absolute Gasteiger partial charge is 0.373 e. The third kappa shape index (κ3) is 3.83. The fraction of sp³-hybridized carbons (Fsp3) is 0.462. The molecular formula is C13H18Cl2N2O2. The summed E-state index contributed by atoms with van der Waals surface area (Å²) in [6, 6.07) is 5.36. The number of aryl methyl sites for hydroxylation is 1. The van der Waals surface area contributed by atoms with E-state index in [1.807, 2.05) is 13.0 Å². The van der Waals surface area contributed by atoms with Gasteiger partial charge in [-0.3, -0.25) is 4.79 Å². The van der Waals surface area contributed by atoms with E-state index in [1.165, 1.54) is 0 Å². The van der Waals surface area contributed by atoms with E-state index in [0.29, 0.717) is 36.8 Å². The molecule has 0 saturated carbocycles. The Hall–Kier alpha value is -0.810. The van der Waals surface area contributed by atoms with Crippen LogP contribution >= 0.6 is 24.0 Å². The zero-order chi connectivity index (χ0) is 13.1. The summed E-state index contributed by atoms with van der Waals surface area (Å²) in [5.74, 6) is -0.00301. The summed E-state index contributed by atoms with van der Waals surface area (Å²) in [6.45, 7) is 4.01. The van der Waals surface area contributed by atoms with Crippen LogP contribution in [-0.2, 0) is 4.74 Å². The molecule has 4 nitrogen and oxygen atoms in total. The highest BCUT2D eigenvalue weighted by molar-refractivity contribution is 6.31. The highest BCUT2D eigenvalue weighted by atomic mass is 35.5. The lowest BCUT2D eigenvalue weighted by Crippen LogP contribution is -2.48. The molecule has 0 aromatic heterocycles. The molecule has 1 aromatic rings. The van der Waals surface area contributed by atoms with Crippen molar-refractivity contribution < 1.29 is 9.53 Å². The Balaban J connectivity index is 0.00000180. The van der Waals surface area contributed by atoms with Crippen LogP contribution in [-0.4, -0.2) is 43.2 Å². The Labute approximate surface area is 124 Å². The second-order valence-electron chi connectivity index (χ2n) is 4.44. The van der Waals surface area contributed by atoms with Crippen LogP contribution in [0.4, 0.5) is 0 Å². The molecular weight excluding hydrogens is 287 g/mol. The van der Waals surface area contributed by atoms with E-state index in [2.05, 4.69) is 0 Å². The Morgan fingerprint density at radius 1 is 1.58 bits per heavy atom. The number of carbonyl (C=O) groups is 1. The Morgan fingerprint density at radius 3 is 3.00 bits per heavy atom. The third-order valence-corrected chi connectivity index (χ3v) is 3.35. The molecule has 2 N–H and O–H groups in total. The second-order valence-corrected chi connectivity index (χ2v) is 4.88. The van der Waals surface area contributed by atoms with Crippen LogP contribution in [0.3, 0.4) is 0 Å². The van der Waals surface area contributed by atoms with Crippen molar-refractivity contribution in [1.82, 2.24) is 4.90 Å². The number of nitrogens with zero attached hydrogens (tertiary/aromatic N) is 1. The number of amides is 1. The topological polar surface area (TPSA) is 55.6 Å². The number of rotatable bonds is 2. The molecule has 19 heavy (non-hydrogen) atoms. The molecule has 0 radical (unpaired) electrons. The summed E-state index contributed by atoms with van der Waals surface area (Å²) in [4.78, 5) is 14.2. The van der Waals surface area contributed by atoms with Crippen molar-refractivity contribution in [1.29, 1.82) is 0 Å². The predicted molar refractivity (Wildman–Crippen MR) is 78.1 cm³/mol. The zero-order valence-corrected chi connectivity index (χ0v) is 12.3. The van der Waals surface area contributed by atoms with Gasteiger partial charge in [0.15, 0.2) is 0 Å². The molecule has 1 heterocycles. The first-order chi connectivity index (χ1) is 8.61. The fourth-order valence-electron chi connectivity index (χ4n) is 2.04. The van der Waals surface area contributed by atoms with Crippen molar-refractivity contribution in [2.24, 2.45) is 5.73 Å². The molecule has 0 aliphatic carbocycles. The quantitative estimate of drug-likeness (QED) is 0.907. The minimum absolute atomic E-state index is 0. The molecule has 1 atom stereocenters. The smallest absolute Gasteiger partial charge is 0.254 e. The second kappa shape index (κ2) is 7.10. The van der Waals surface area contributed by atoms with E-state index in [4.69, 9.17) is 22.1 Å². The number of hydrogen-bond acceptors (Lipinski definition) is 3. The molecule has 0 bridgehead atoms. The first-order valence-electron chi connectivity index (χ1n) is 5.99. The van der Waals surface area contributed by atoms with E-state index in [1.54, 1.807) is 17.0 Å². The zero-order valence-electron chi connectivity index (χ0n) is 10.8. The van der Waals surface area contributed by atoms with E-state index >= 15 is 0 Å². The summed E-state index contributed by atoms with van der Waals surface area (Å²) in [5.41, 5.74) is 7.16. The normalized spacial score (nSPS) is 18.9. The number of hydrogen-bond donors (Lipinski definition) is 1. The van der Waals surface area contributed by atoms with Crippen molar-refractivity contribution in [2.75, 3.05) is 26.2 Å². The van der Waals surface area contributed by atoms with Crippen molar-refractivity contribution in [2.45, 2.75) is 13.0 Å². The molecule has 106 valence electrons. The summed E-state index contributed by atoms with van der Waals surface area (Å²) >= 11 is 5.94. The van der Waals surface area contributed by atoms with Gasteiger partial charge < -0.3 is 15.4 Å². The van der Waals surface area contributed by atoms with Crippen LogP contribution in [0.2, 0.25) is 5.02 Å². The first-order valence-corrected chi connectivity index (χ1v) is 6.36. The van der Waals surface area contributed by atoms with Crippen LogP contribution in [0.5, 0.6) is 0 Å². The van der Waals surface area contributed by atoms with Crippen molar-refractivity contribution >= 4 is 29.9 Å². The van der Waals surface area contributed by atoms with Gasteiger partial charge in [0.2, 0.25) is 0 Å². The molecule has 1 saturated heterocycles. The van der Waals surface area contributed by atoms with Gasteiger partial charge in [-0.05, 0) is 24.6 Å². The molecule has 1 fully saturated rings. The van der Waals surface area contributed by atoms with Gasteiger partial charge in [-0.2, -0.15) is 0 Å². The maximum atomic E-state index is 12.4. The minimum atomic E-state index is -0.0674. The van der Waals surface area contributed by atoms with Gasteiger partial charge in [0.25, 0.3) is 5.91 Å². The van der Waals surface area contributed by atoms with Crippen LogP contribution < -0.4 is 5.73 Å². The van der Waals surface area contributed by atoms with Crippen LogP contribution in [0.15, 0.2) is 18.2 Å². The Bertz CT molecular complexity index is 454. The van der Waals surface area contributed by atoms with Gasteiger partial charge in [0.05, 0.1) is 12.7 Å². The van der Waals surface area contributed by atoms with Gasteiger partial charge in [-0.25, -0.2) is 0 Å². The lowest BCUT2D eigenvalue weighted by atomic mass is 10.1. The maximum absolute atomic E-state index is 12.4. The van der Waals surface area contributed by atoms with Gasteiger partial charge in [0.1, 0.15) is 0 Å². The minimum Gasteiger partial charge on any atom is -0.373 e. The summed E-state index contributed by atoms with van der Waals surface area (Å²) in [5, 5.41) is 0.576. The molecule has 1 unspecified atom stereocenters. The summed E-state index contributed by atoms with van der Waals surface area (Å²) in [7, 11) is 0. The third-order valence-electron chi connectivity index (χ3n) is 3.12. The molecule has 1 aromatic carbocycles. The highest BCUT2D eigenvalue weighted by Gasteiger charge is 2.25. The fourth-order valence-corrected chi connectivity index (χ4v) is 2.21.